The summed E-state index contributed by atoms with van der Waals surface area (Å²) in [5.41, 5.74) is 1.26. The van der Waals surface area contributed by atoms with Gasteiger partial charge in [-0.25, -0.2) is 8.78 Å². The zero-order chi connectivity index (χ0) is 22.3. The highest BCUT2D eigenvalue weighted by Crippen LogP contribution is 2.25. The van der Waals surface area contributed by atoms with Gasteiger partial charge in [0, 0.05) is 24.2 Å². The third-order valence-corrected chi connectivity index (χ3v) is 4.63. The molecule has 2 aromatic carbocycles. The topological polar surface area (TPSA) is 66.8 Å². The number of hydrogen-bond donors (Lipinski definition) is 1. The van der Waals surface area contributed by atoms with Crippen LogP contribution in [0.3, 0.4) is 0 Å². The monoisotopic (exact) mass is 417 g/mol. The van der Waals surface area contributed by atoms with E-state index in [4.69, 9.17) is 4.74 Å². The molecule has 7 heteroatoms. The molecule has 2 aromatic rings. The van der Waals surface area contributed by atoms with Crippen LogP contribution in [0.2, 0.25) is 0 Å². The number of halogens is 2. The molecule has 0 bridgehead atoms. The maximum Gasteiger partial charge on any atom is 0.307 e. The summed E-state index contributed by atoms with van der Waals surface area (Å²) in [4.78, 5) is 25.4. The lowest BCUT2D eigenvalue weighted by Gasteiger charge is -2.19. The molecule has 0 unspecified atom stereocenters. The Bertz CT molecular complexity index is 932. The first-order chi connectivity index (χ1) is 14.3. The summed E-state index contributed by atoms with van der Waals surface area (Å²) >= 11 is 0. The number of carboxylic acids is 1. The Morgan fingerprint density at radius 1 is 1.10 bits per heavy atom. The number of carboxylic acid groups (broad SMARTS) is 1. The summed E-state index contributed by atoms with van der Waals surface area (Å²) in [6.45, 7) is 6.28. The molecule has 0 fully saturated rings. The van der Waals surface area contributed by atoms with Crippen molar-refractivity contribution >= 4 is 18.0 Å². The van der Waals surface area contributed by atoms with Crippen LogP contribution in [0.15, 0.2) is 42.0 Å². The number of rotatable bonds is 9. The Hall–Kier alpha value is -3.22. The Balaban J connectivity index is 2.29. The molecule has 0 heterocycles. The highest BCUT2D eigenvalue weighted by molar-refractivity contribution is 5.97. The fourth-order valence-electron chi connectivity index (χ4n) is 3.02. The van der Waals surface area contributed by atoms with E-state index in [0.717, 1.165) is 12.1 Å². The van der Waals surface area contributed by atoms with Gasteiger partial charge in [0.25, 0.3) is 0 Å². The molecule has 0 radical (unpaired) electrons. The van der Waals surface area contributed by atoms with E-state index in [1.54, 1.807) is 30.0 Å². The van der Waals surface area contributed by atoms with E-state index >= 15 is 0 Å². The second-order valence-electron chi connectivity index (χ2n) is 6.73. The quantitative estimate of drug-likeness (QED) is 0.613. The number of nitrogens with zero attached hydrogens (tertiary/aromatic N) is 1. The summed E-state index contributed by atoms with van der Waals surface area (Å²) in [5, 5.41) is 9.21. The minimum Gasteiger partial charge on any atom is -0.488 e. The lowest BCUT2D eigenvalue weighted by molar-refractivity contribution is -0.136. The predicted octanol–water partition coefficient (Wildman–Crippen LogP) is 4.44. The third kappa shape index (κ3) is 5.89. The molecule has 160 valence electrons. The first kappa shape index (κ1) is 23.1. The van der Waals surface area contributed by atoms with Crippen LogP contribution in [-0.4, -0.2) is 35.0 Å². The van der Waals surface area contributed by atoms with Gasteiger partial charge in [-0.15, -0.1) is 0 Å². The fourth-order valence-corrected chi connectivity index (χ4v) is 3.02. The van der Waals surface area contributed by atoms with Gasteiger partial charge in [0.15, 0.2) is 0 Å². The van der Waals surface area contributed by atoms with Crippen molar-refractivity contribution in [1.29, 1.82) is 0 Å². The van der Waals surface area contributed by atoms with Crippen LogP contribution >= 0.6 is 0 Å². The maximum absolute atomic E-state index is 13.8. The van der Waals surface area contributed by atoms with Gasteiger partial charge in [0.2, 0.25) is 5.91 Å². The summed E-state index contributed by atoms with van der Waals surface area (Å²) < 4.78 is 33.2. The molecule has 1 N–H and O–H groups in total. The molecule has 0 spiro atoms. The number of carbonyl (C=O) groups is 2. The largest absolute Gasteiger partial charge is 0.488 e. The zero-order valence-corrected chi connectivity index (χ0v) is 17.2. The third-order valence-electron chi connectivity index (χ3n) is 4.63. The molecule has 30 heavy (non-hydrogen) atoms. The van der Waals surface area contributed by atoms with Gasteiger partial charge in [-0.05, 0) is 56.7 Å². The van der Waals surface area contributed by atoms with Crippen LogP contribution in [-0.2, 0) is 22.6 Å². The van der Waals surface area contributed by atoms with Gasteiger partial charge in [-0.3, -0.25) is 9.59 Å². The number of ether oxygens (including phenoxy) is 1. The predicted molar refractivity (Wildman–Crippen MR) is 110 cm³/mol. The number of benzene rings is 2. The zero-order valence-electron chi connectivity index (χ0n) is 17.2. The fraction of sp³-hybridized carbons (Fsp3) is 0.304. The molecule has 0 aliphatic heterocycles. The van der Waals surface area contributed by atoms with Crippen LogP contribution in [0, 0.1) is 11.6 Å². The van der Waals surface area contributed by atoms with Crippen molar-refractivity contribution in [3.8, 4) is 5.75 Å². The van der Waals surface area contributed by atoms with Crippen LogP contribution in [0.1, 0.15) is 37.5 Å². The number of carbonyl (C=O) groups excluding carboxylic acids is 1. The standard InChI is InChI=1S/C23H25F2NO4/c1-4-26(5-2)23(29)15(3)11-16-9-10-21(17(12-16)13-22(27)28)30-14-18-19(24)7-6-8-20(18)25/h6-12H,4-5,13-14H2,1-3H3,(H,27,28)/b15-11-. The van der Waals surface area contributed by atoms with E-state index in [0.29, 0.717) is 29.8 Å². The molecular formula is C23H25F2NO4. The Kier molecular flexibility index (Phi) is 8.09. The Morgan fingerprint density at radius 2 is 1.73 bits per heavy atom. The van der Waals surface area contributed by atoms with E-state index < -0.39 is 17.6 Å². The molecule has 2 rings (SSSR count). The lowest BCUT2D eigenvalue weighted by atomic mass is 10.0. The van der Waals surface area contributed by atoms with E-state index in [1.807, 2.05) is 13.8 Å². The van der Waals surface area contributed by atoms with Crippen molar-refractivity contribution in [2.75, 3.05) is 13.1 Å². The minimum atomic E-state index is -1.08. The Morgan fingerprint density at radius 3 is 2.30 bits per heavy atom. The van der Waals surface area contributed by atoms with E-state index in [2.05, 4.69) is 0 Å². The Labute approximate surface area is 174 Å². The number of hydrogen-bond acceptors (Lipinski definition) is 3. The summed E-state index contributed by atoms with van der Waals surface area (Å²) in [6.07, 6.45) is 1.34. The molecule has 0 aliphatic rings. The number of amides is 1. The number of likely N-dealkylation sites (N-methyl/N-ethyl adjacent to an activating group) is 1. The molecule has 0 aliphatic carbocycles. The normalized spacial score (nSPS) is 11.3. The highest BCUT2D eigenvalue weighted by atomic mass is 19.1. The second-order valence-corrected chi connectivity index (χ2v) is 6.73. The van der Waals surface area contributed by atoms with Gasteiger partial charge in [-0.2, -0.15) is 0 Å². The van der Waals surface area contributed by atoms with Crippen molar-refractivity contribution in [2.24, 2.45) is 0 Å². The molecule has 5 nitrogen and oxygen atoms in total. The van der Waals surface area contributed by atoms with E-state index in [1.165, 1.54) is 12.1 Å². The molecule has 0 saturated heterocycles. The molecule has 0 atom stereocenters. The molecule has 0 aromatic heterocycles. The van der Waals surface area contributed by atoms with Gasteiger partial charge < -0.3 is 14.7 Å². The summed E-state index contributed by atoms with van der Waals surface area (Å²) in [5.74, 6) is -2.44. The van der Waals surface area contributed by atoms with Crippen LogP contribution < -0.4 is 4.74 Å². The summed E-state index contributed by atoms with van der Waals surface area (Å²) in [7, 11) is 0. The van der Waals surface area contributed by atoms with Crippen molar-refractivity contribution in [3.63, 3.8) is 0 Å². The molecule has 1 amide bonds. The maximum atomic E-state index is 13.8. The first-order valence-corrected chi connectivity index (χ1v) is 9.64. The van der Waals surface area contributed by atoms with Crippen molar-refractivity contribution in [3.05, 3.63) is 70.3 Å². The summed E-state index contributed by atoms with van der Waals surface area (Å²) in [6, 6.07) is 8.32. The average Bonchev–Trinajstić information content (AvgIpc) is 2.69. The number of aliphatic carboxylic acids is 1. The minimum absolute atomic E-state index is 0.102. The van der Waals surface area contributed by atoms with Crippen molar-refractivity contribution in [1.82, 2.24) is 4.90 Å². The average molecular weight is 417 g/mol. The molecule has 0 saturated carbocycles. The second kappa shape index (κ2) is 10.5. The van der Waals surface area contributed by atoms with E-state index in [-0.39, 0.29) is 30.2 Å². The van der Waals surface area contributed by atoms with E-state index in [9.17, 15) is 23.5 Å². The van der Waals surface area contributed by atoms with Crippen LogP contribution in [0.25, 0.3) is 6.08 Å². The smallest absolute Gasteiger partial charge is 0.307 e. The van der Waals surface area contributed by atoms with Gasteiger partial charge >= 0.3 is 5.97 Å². The van der Waals surface area contributed by atoms with Gasteiger partial charge in [0.05, 0.1) is 12.0 Å². The highest BCUT2D eigenvalue weighted by Gasteiger charge is 2.15. The van der Waals surface area contributed by atoms with Crippen molar-refractivity contribution in [2.45, 2.75) is 33.8 Å². The van der Waals surface area contributed by atoms with Crippen LogP contribution in [0.5, 0.6) is 5.75 Å². The molecular weight excluding hydrogens is 392 g/mol. The van der Waals surface area contributed by atoms with Crippen molar-refractivity contribution < 1.29 is 28.2 Å². The van der Waals surface area contributed by atoms with Gasteiger partial charge in [0.1, 0.15) is 24.0 Å². The lowest BCUT2D eigenvalue weighted by Crippen LogP contribution is -2.30. The first-order valence-electron chi connectivity index (χ1n) is 9.64. The SMILES string of the molecule is CCN(CC)C(=O)/C(C)=C\c1ccc(OCc2c(F)cccc2F)c(CC(=O)O)c1. The van der Waals surface area contributed by atoms with Crippen LogP contribution in [0.4, 0.5) is 8.78 Å². The van der Waals surface area contributed by atoms with Gasteiger partial charge in [-0.1, -0.05) is 12.1 Å².